The molecule has 2 aromatic heterocycles. The van der Waals surface area contributed by atoms with Gasteiger partial charge in [-0.1, -0.05) is 6.42 Å². The number of carbonyl (C=O) groups is 1. The zero-order valence-corrected chi connectivity index (χ0v) is 12.4. The van der Waals surface area contributed by atoms with E-state index in [9.17, 15) is 4.79 Å². The summed E-state index contributed by atoms with van der Waals surface area (Å²) in [6.07, 6.45) is 6.90. The molecule has 7 heteroatoms. The van der Waals surface area contributed by atoms with Gasteiger partial charge >= 0.3 is 0 Å². The highest BCUT2D eigenvalue weighted by molar-refractivity contribution is 7.14. The second-order valence-corrected chi connectivity index (χ2v) is 5.74. The van der Waals surface area contributed by atoms with E-state index in [4.69, 9.17) is 0 Å². The summed E-state index contributed by atoms with van der Waals surface area (Å²) < 4.78 is 0. The Morgan fingerprint density at radius 3 is 2.90 bits per heavy atom. The fraction of sp³-hybridized carbons (Fsp3) is 0.357. The molecule has 6 nitrogen and oxygen atoms in total. The van der Waals surface area contributed by atoms with Crippen LogP contribution in [0.25, 0.3) is 0 Å². The number of nitrogens with one attached hydrogen (secondary N) is 2. The van der Waals surface area contributed by atoms with Crippen LogP contribution in [0, 0.1) is 0 Å². The monoisotopic (exact) mass is 303 g/mol. The summed E-state index contributed by atoms with van der Waals surface area (Å²) in [5.41, 5.74) is 5.87. The van der Waals surface area contributed by atoms with Crippen molar-refractivity contribution in [1.82, 2.24) is 20.4 Å². The van der Waals surface area contributed by atoms with Gasteiger partial charge in [0.1, 0.15) is 5.00 Å². The number of carbonyl (C=O) groups excluding carboxylic acids is 1. The van der Waals surface area contributed by atoms with Crippen LogP contribution in [0.15, 0.2) is 30.0 Å². The second-order valence-electron chi connectivity index (χ2n) is 4.89. The fourth-order valence-electron chi connectivity index (χ4n) is 2.27. The van der Waals surface area contributed by atoms with Gasteiger partial charge in [0.15, 0.2) is 5.69 Å². The zero-order valence-electron chi connectivity index (χ0n) is 11.6. The Labute approximate surface area is 127 Å². The molecule has 110 valence electrons. The lowest BCUT2D eigenvalue weighted by molar-refractivity contribution is 0.0746. The first-order valence-corrected chi connectivity index (χ1v) is 7.87. The first-order valence-electron chi connectivity index (χ1n) is 6.99. The van der Waals surface area contributed by atoms with Gasteiger partial charge in [-0.05, 0) is 25.0 Å². The van der Waals surface area contributed by atoms with Crippen LogP contribution < -0.4 is 10.7 Å². The molecule has 2 N–H and O–H groups in total. The van der Waals surface area contributed by atoms with E-state index in [-0.39, 0.29) is 5.91 Å². The molecule has 3 rings (SSSR count). The lowest BCUT2D eigenvalue weighted by Gasteiger charge is -2.26. The Hall–Kier alpha value is -1.99. The highest BCUT2D eigenvalue weighted by atomic mass is 32.1. The maximum atomic E-state index is 12.3. The van der Waals surface area contributed by atoms with Gasteiger partial charge in [-0.15, -0.1) is 11.3 Å². The molecule has 0 atom stereocenters. The number of piperidine rings is 1. The van der Waals surface area contributed by atoms with Gasteiger partial charge in [0.05, 0.1) is 17.4 Å². The first kappa shape index (κ1) is 14.0. The summed E-state index contributed by atoms with van der Waals surface area (Å²) in [6, 6.07) is 3.75. The number of anilines is 2. The zero-order chi connectivity index (χ0) is 14.5. The van der Waals surface area contributed by atoms with Crippen molar-refractivity contribution >= 4 is 27.9 Å². The molecule has 1 saturated heterocycles. The third-order valence-electron chi connectivity index (χ3n) is 3.32. The summed E-state index contributed by atoms with van der Waals surface area (Å²) in [4.78, 5) is 20.5. The van der Waals surface area contributed by atoms with Crippen LogP contribution >= 0.6 is 11.3 Å². The number of hydrazine groups is 1. The van der Waals surface area contributed by atoms with Crippen molar-refractivity contribution in [3.63, 3.8) is 0 Å². The highest BCUT2D eigenvalue weighted by Crippen LogP contribution is 2.24. The minimum atomic E-state index is -0.162. The largest absolute Gasteiger partial charge is 0.344 e. The average molecular weight is 303 g/mol. The molecule has 21 heavy (non-hydrogen) atoms. The van der Waals surface area contributed by atoms with Crippen LogP contribution in [0.1, 0.15) is 29.8 Å². The second kappa shape index (κ2) is 6.64. The Bertz CT molecular complexity index is 594. The molecule has 1 fully saturated rings. The number of amides is 1. The predicted molar refractivity (Wildman–Crippen MR) is 82.5 cm³/mol. The fourth-order valence-corrected chi connectivity index (χ4v) is 2.96. The van der Waals surface area contributed by atoms with Crippen molar-refractivity contribution in [3.05, 3.63) is 35.7 Å². The Balaban J connectivity index is 1.68. The maximum absolute atomic E-state index is 12.3. The van der Waals surface area contributed by atoms with Crippen molar-refractivity contribution in [2.24, 2.45) is 0 Å². The van der Waals surface area contributed by atoms with Crippen LogP contribution in [0.5, 0.6) is 0 Å². The van der Waals surface area contributed by atoms with Gasteiger partial charge in [0.2, 0.25) is 0 Å². The van der Waals surface area contributed by atoms with E-state index >= 15 is 0 Å². The van der Waals surface area contributed by atoms with E-state index in [1.807, 2.05) is 17.1 Å². The van der Waals surface area contributed by atoms with Gasteiger partial charge in [0, 0.05) is 19.3 Å². The Morgan fingerprint density at radius 1 is 1.29 bits per heavy atom. The van der Waals surface area contributed by atoms with Gasteiger partial charge < -0.3 is 5.32 Å². The topological polar surface area (TPSA) is 70.2 Å². The average Bonchev–Trinajstić information content (AvgIpc) is 2.97. The van der Waals surface area contributed by atoms with Gasteiger partial charge in [-0.3, -0.25) is 15.2 Å². The van der Waals surface area contributed by atoms with E-state index in [2.05, 4.69) is 20.7 Å². The number of aromatic nitrogens is 2. The van der Waals surface area contributed by atoms with Gasteiger partial charge in [-0.2, -0.15) is 0 Å². The lowest BCUT2D eigenvalue weighted by atomic mass is 10.2. The molecule has 1 aliphatic heterocycles. The summed E-state index contributed by atoms with van der Waals surface area (Å²) in [5.74, 6) is -0.162. The van der Waals surface area contributed by atoms with Crippen LogP contribution in [-0.4, -0.2) is 34.0 Å². The molecule has 0 bridgehead atoms. The first-order chi connectivity index (χ1) is 10.3. The van der Waals surface area contributed by atoms with Crippen molar-refractivity contribution in [1.29, 1.82) is 0 Å². The Morgan fingerprint density at radius 2 is 2.14 bits per heavy atom. The molecule has 0 unspecified atom stereocenters. The van der Waals surface area contributed by atoms with E-state index in [0.29, 0.717) is 5.69 Å². The summed E-state index contributed by atoms with van der Waals surface area (Å²) in [5, 5.41) is 5.89. The van der Waals surface area contributed by atoms with Crippen LogP contribution in [0.4, 0.5) is 10.7 Å². The molecular formula is C14H17N5OS. The molecule has 1 amide bonds. The minimum Gasteiger partial charge on any atom is -0.344 e. The summed E-state index contributed by atoms with van der Waals surface area (Å²) in [6.45, 7) is 1.81. The number of rotatable bonds is 4. The molecular weight excluding hydrogens is 286 g/mol. The standard InChI is InChI=1S/C14H17N5OS/c20-13(18-19-7-2-1-3-8-19)12-14(21-10-16-12)17-11-5-4-6-15-9-11/h4-6,9-10,17H,1-3,7-8H2,(H,18,20). The smallest absolute Gasteiger partial charge is 0.287 e. The molecule has 0 spiro atoms. The van der Waals surface area contributed by atoms with Crippen molar-refractivity contribution < 1.29 is 4.79 Å². The summed E-state index contributed by atoms with van der Waals surface area (Å²) >= 11 is 1.41. The van der Waals surface area contributed by atoms with E-state index in [1.165, 1.54) is 17.8 Å². The number of hydrogen-bond acceptors (Lipinski definition) is 6. The molecule has 0 aromatic carbocycles. The van der Waals surface area contributed by atoms with E-state index in [0.717, 1.165) is 36.6 Å². The molecule has 0 aliphatic carbocycles. The summed E-state index contributed by atoms with van der Waals surface area (Å²) in [7, 11) is 0. The predicted octanol–water partition coefficient (Wildman–Crippen LogP) is 2.41. The normalized spacial score (nSPS) is 15.6. The molecule has 2 aromatic rings. The van der Waals surface area contributed by atoms with Crippen LogP contribution in [0.2, 0.25) is 0 Å². The third kappa shape index (κ3) is 3.56. The van der Waals surface area contributed by atoms with Gasteiger partial charge in [0.25, 0.3) is 5.91 Å². The number of pyridine rings is 1. The highest BCUT2D eigenvalue weighted by Gasteiger charge is 2.19. The van der Waals surface area contributed by atoms with Crippen molar-refractivity contribution in [3.8, 4) is 0 Å². The Kier molecular flexibility index (Phi) is 4.42. The number of thiazole rings is 1. The number of nitrogens with zero attached hydrogens (tertiary/aromatic N) is 3. The lowest BCUT2D eigenvalue weighted by Crippen LogP contribution is -2.45. The quantitative estimate of drug-likeness (QED) is 0.907. The van der Waals surface area contributed by atoms with Crippen molar-refractivity contribution in [2.45, 2.75) is 19.3 Å². The maximum Gasteiger partial charge on any atom is 0.287 e. The molecule has 0 saturated carbocycles. The third-order valence-corrected chi connectivity index (χ3v) is 4.06. The van der Waals surface area contributed by atoms with Crippen molar-refractivity contribution in [2.75, 3.05) is 18.4 Å². The SMILES string of the molecule is O=C(NN1CCCCC1)c1ncsc1Nc1cccnc1. The van der Waals surface area contributed by atoms with Gasteiger partial charge in [-0.25, -0.2) is 9.99 Å². The molecule has 0 radical (unpaired) electrons. The van der Waals surface area contributed by atoms with E-state index in [1.54, 1.807) is 17.9 Å². The van der Waals surface area contributed by atoms with Crippen LogP contribution in [-0.2, 0) is 0 Å². The number of hydrogen-bond donors (Lipinski definition) is 2. The van der Waals surface area contributed by atoms with E-state index < -0.39 is 0 Å². The van der Waals surface area contributed by atoms with Crippen LogP contribution in [0.3, 0.4) is 0 Å². The molecule has 3 heterocycles. The molecule has 1 aliphatic rings. The minimum absolute atomic E-state index is 0.162.